The van der Waals surface area contributed by atoms with E-state index in [0.717, 1.165) is 10.3 Å². The first-order chi connectivity index (χ1) is 14.8. The Morgan fingerprint density at radius 2 is 1.90 bits per heavy atom. The van der Waals surface area contributed by atoms with Crippen LogP contribution in [0.5, 0.6) is 0 Å². The highest BCUT2D eigenvalue weighted by molar-refractivity contribution is 5.91. The molecular weight excluding hydrogens is 403 g/mol. The summed E-state index contributed by atoms with van der Waals surface area (Å²) in [5.41, 5.74) is 1.20. The number of fused-ring (bicyclic) bond motifs is 3. The molecule has 2 aromatic heterocycles. The summed E-state index contributed by atoms with van der Waals surface area (Å²) in [6.07, 6.45) is 0. The van der Waals surface area contributed by atoms with Crippen molar-refractivity contribution in [2.45, 2.75) is 33.4 Å². The minimum absolute atomic E-state index is 0.0394. The summed E-state index contributed by atoms with van der Waals surface area (Å²) in [7, 11) is 1.59. The molecule has 0 spiro atoms. The molecule has 0 fully saturated rings. The van der Waals surface area contributed by atoms with Gasteiger partial charge in [-0.3, -0.25) is 18.5 Å². The van der Waals surface area contributed by atoms with Gasteiger partial charge in [0.15, 0.2) is 11.2 Å². The molecule has 3 heterocycles. The van der Waals surface area contributed by atoms with Crippen molar-refractivity contribution in [1.82, 2.24) is 18.7 Å². The molecule has 0 N–H and O–H groups in total. The number of nitrogens with zero attached hydrogens (tertiary/aromatic N) is 6. The van der Waals surface area contributed by atoms with Gasteiger partial charge < -0.3 is 4.74 Å². The standard InChI is InChI=1S/C21H25FN6O3/c1-5-31-11-10-27-20-23-18-17(28(20)14(3)13(2)24-27)19(29)26(21(30)25(18)4)12-15-6-8-16(22)9-7-15/h6-9,14H,5,10-12H2,1-4H3/t14-/m1/s1. The van der Waals surface area contributed by atoms with Crippen LogP contribution in [0.4, 0.5) is 10.3 Å². The van der Waals surface area contributed by atoms with Crippen LogP contribution < -0.4 is 16.3 Å². The lowest BCUT2D eigenvalue weighted by molar-refractivity contribution is 0.153. The minimum atomic E-state index is -0.483. The van der Waals surface area contributed by atoms with Gasteiger partial charge in [0.25, 0.3) is 5.56 Å². The molecule has 0 unspecified atom stereocenters. The zero-order chi connectivity index (χ0) is 22.3. The van der Waals surface area contributed by atoms with Crippen molar-refractivity contribution in [2.24, 2.45) is 12.1 Å². The number of anilines is 1. The van der Waals surface area contributed by atoms with Crippen molar-refractivity contribution in [3.05, 3.63) is 56.5 Å². The molecule has 164 valence electrons. The summed E-state index contributed by atoms with van der Waals surface area (Å²) in [4.78, 5) is 31.0. The molecule has 9 nitrogen and oxygen atoms in total. The molecule has 0 bridgehead atoms. The third-order valence-corrected chi connectivity index (χ3v) is 5.56. The van der Waals surface area contributed by atoms with Crippen LogP contribution in [0.3, 0.4) is 0 Å². The third kappa shape index (κ3) is 3.56. The topological polar surface area (TPSA) is 86.7 Å². The Labute approximate surface area is 178 Å². The van der Waals surface area contributed by atoms with Crippen LogP contribution in [0.15, 0.2) is 39.0 Å². The maximum atomic E-state index is 13.5. The van der Waals surface area contributed by atoms with E-state index in [1.54, 1.807) is 24.2 Å². The van der Waals surface area contributed by atoms with Crippen LogP contribution in [0.25, 0.3) is 11.2 Å². The molecule has 0 saturated heterocycles. The summed E-state index contributed by atoms with van der Waals surface area (Å²) in [5, 5.41) is 6.31. The van der Waals surface area contributed by atoms with Crippen molar-refractivity contribution < 1.29 is 9.13 Å². The van der Waals surface area contributed by atoms with Gasteiger partial charge in [0.1, 0.15) is 5.82 Å². The van der Waals surface area contributed by atoms with E-state index >= 15 is 0 Å². The fraction of sp³-hybridized carbons (Fsp3) is 0.429. The van der Waals surface area contributed by atoms with Crippen molar-refractivity contribution in [2.75, 3.05) is 24.8 Å². The van der Waals surface area contributed by atoms with E-state index in [4.69, 9.17) is 4.74 Å². The number of aromatic nitrogens is 4. The molecule has 0 aliphatic carbocycles. The van der Waals surface area contributed by atoms with Crippen molar-refractivity contribution in [3.8, 4) is 0 Å². The number of hydrazone groups is 1. The summed E-state index contributed by atoms with van der Waals surface area (Å²) in [5.74, 6) is 0.125. The zero-order valence-electron chi connectivity index (χ0n) is 18.0. The van der Waals surface area contributed by atoms with Gasteiger partial charge in [-0.05, 0) is 38.5 Å². The average molecular weight is 428 g/mol. The SMILES string of the molecule is CCOCCN1N=C(C)[C@@H](C)n2c1nc1c2c(=O)n(Cc2ccc(F)cc2)c(=O)n1C. The smallest absolute Gasteiger partial charge is 0.332 e. The molecule has 1 atom stereocenters. The second kappa shape index (κ2) is 8.10. The van der Waals surface area contributed by atoms with Gasteiger partial charge in [-0.15, -0.1) is 0 Å². The van der Waals surface area contributed by atoms with Gasteiger partial charge in [0.2, 0.25) is 5.95 Å². The Bertz CT molecular complexity index is 1270. The first-order valence-corrected chi connectivity index (χ1v) is 10.2. The van der Waals surface area contributed by atoms with Gasteiger partial charge in [-0.2, -0.15) is 10.1 Å². The summed E-state index contributed by atoms with van der Waals surface area (Å²) < 4.78 is 23.1. The zero-order valence-corrected chi connectivity index (χ0v) is 18.0. The van der Waals surface area contributed by atoms with Gasteiger partial charge in [0, 0.05) is 13.7 Å². The fourth-order valence-electron chi connectivity index (χ4n) is 3.74. The second-order valence-electron chi connectivity index (χ2n) is 7.55. The lowest BCUT2D eigenvalue weighted by Gasteiger charge is -2.29. The summed E-state index contributed by atoms with van der Waals surface area (Å²) in [6, 6.07) is 5.54. The largest absolute Gasteiger partial charge is 0.380 e. The lowest BCUT2D eigenvalue weighted by Crippen LogP contribution is -2.40. The van der Waals surface area contributed by atoms with E-state index in [2.05, 4.69) is 10.1 Å². The number of ether oxygens (including phenoxy) is 1. The Morgan fingerprint density at radius 1 is 1.19 bits per heavy atom. The van der Waals surface area contributed by atoms with Crippen molar-refractivity contribution in [1.29, 1.82) is 0 Å². The molecule has 31 heavy (non-hydrogen) atoms. The predicted octanol–water partition coefficient (Wildman–Crippen LogP) is 1.88. The van der Waals surface area contributed by atoms with Crippen LogP contribution in [0.1, 0.15) is 32.4 Å². The highest BCUT2D eigenvalue weighted by Gasteiger charge is 2.30. The first-order valence-electron chi connectivity index (χ1n) is 10.2. The van der Waals surface area contributed by atoms with Crippen LogP contribution in [0.2, 0.25) is 0 Å². The van der Waals surface area contributed by atoms with Gasteiger partial charge >= 0.3 is 5.69 Å². The molecule has 1 aromatic carbocycles. The van der Waals surface area contributed by atoms with Crippen LogP contribution in [-0.2, 0) is 18.3 Å². The van der Waals surface area contributed by atoms with Crippen molar-refractivity contribution >= 4 is 22.8 Å². The average Bonchev–Trinajstić information content (AvgIpc) is 3.16. The normalized spacial score (nSPS) is 16.0. The number of imidazole rings is 1. The Balaban J connectivity index is 1.89. The maximum Gasteiger partial charge on any atom is 0.332 e. The maximum absolute atomic E-state index is 13.5. The van der Waals surface area contributed by atoms with Gasteiger partial charge in [0.05, 0.1) is 31.4 Å². The minimum Gasteiger partial charge on any atom is -0.380 e. The molecule has 1 aliphatic rings. The molecule has 3 aromatic rings. The monoisotopic (exact) mass is 428 g/mol. The quantitative estimate of drug-likeness (QED) is 0.560. The van der Waals surface area contributed by atoms with E-state index < -0.39 is 11.2 Å². The first kappa shape index (κ1) is 21.0. The lowest BCUT2D eigenvalue weighted by atomic mass is 10.2. The number of aryl methyl sites for hydroxylation is 1. The molecule has 0 amide bonds. The summed E-state index contributed by atoms with van der Waals surface area (Å²) >= 11 is 0. The Morgan fingerprint density at radius 3 is 2.58 bits per heavy atom. The van der Waals surface area contributed by atoms with Crippen molar-refractivity contribution in [3.63, 3.8) is 0 Å². The van der Waals surface area contributed by atoms with Crippen LogP contribution >= 0.6 is 0 Å². The highest BCUT2D eigenvalue weighted by atomic mass is 19.1. The van der Waals surface area contributed by atoms with E-state index in [9.17, 15) is 14.0 Å². The number of hydrogen-bond donors (Lipinski definition) is 0. The molecule has 0 saturated carbocycles. The highest BCUT2D eigenvalue weighted by Crippen LogP contribution is 2.29. The molecule has 0 radical (unpaired) electrons. The van der Waals surface area contributed by atoms with E-state index in [1.165, 1.54) is 16.7 Å². The molecule has 10 heteroatoms. The molecular formula is C21H25FN6O3. The predicted molar refractivity (Wildman–Crippen MR) is 116 cm³/mol. The number of halogens is 1. The second-order valence-corrected chi connectivity index (χ2v) is 7.55. The Kier molecular flexibility index (Phi) is 5.48. The molecule has 1 aliphatic heterocycles. The fourth-order valence-corrected chi connectivity index (χ4v) is 3.74. The third-order valence-electron chi connectivity index (χ3n) is 5.56. The van der Waals surface area contributed by atoms with Gasteiger partial charge in [-0.1, -0.05) is 12.1 Å². The number of benzene rings is 1. The van der Waals surface area contributed by atoms with E-state index in [1.807, 2.05) is 25.3 Å². The Hall–Kier alpha value is -3.27. The van der Waals surface area contributed by atoms with Gasteiger partial charge in [-0.25, -0.2) is 14.2 Å². The number of rotatable bonds is 6. The number of hydrogen-bond acceptors (Lipinski definition) is 6. The van der Waals surface area contributed by atoms with E-state index in [0.29, 0.717) is 42.4 Å². The summed E-state index contributed by atoms with van der Waals surface area (Å²) in [6.45, 7) is 7.31. The van der Waals surface area contributed by atoms with E-state index in [-0.39, 0.29) is 18.4 Å². The molecule has 4 rings (SSSR count). The van der Waals surface area contributed by atoms with Crippen LogP contribution in [0, 0.1) is 5.82 Å². The van der Waals surface area contributed by atoms with Crippen LogP contribution in [-0.4, -0.2) is 44.2 Å².